The van der Waals surface area contributed by atoms with Gasteiger partial charge in [-0.1, -0.05) is 0 Å². The van der Waals surface area contributed by atoms with Crippen LogP contribution >= 0.6 is 0 Å². The summed E-state index contributed by atoms with van der Waals surface area (Å²) in [5.74, 6) is -0.968. The first-order valence-corrected chi connectivity index (χ1v) is 2.30. The molecule has 0 saturated carbocycles. The van der Waals surface area contributed by atoms with Gasteiger partial charge in [-0.2, -0.15) is 0 Å². The van der Waals surface area contributed by atoms with Crippen LogP contribution < -0.4 is 0 Å². The summed E-state index contributed by atoms with van der Waals surface area (Å²) in [5.41, 5.74) is 0. The molecule has 0 spiro atoms. The van der Waals surface area contributed by atoms with Crippen molar-refractivity contribution in [1.82, 2.24) is 0 Å². The molecule has 0 aromatic rings. The molecule has 1 atom stereocenters. The van der Waals surface area contributed by atoms with Crippen molar-refractivity contribution in [2.24, 2.45) is 0 Å². The van der Waals surface area contributed by atoms with Crippen LogP contribution in [0.3, 0.4) is 0 Å². The van der Waals surface area contributed by atoms with Gasteiger partial charge in [-0.05, 0) is 13.8 Å². The molecule has 0 rings (SSSR count). The number of aliphatic carboxylic acids is 1. The Bertz CT molecular complexity index is 87.7. The van der Waals surface area contributed by atoms with Gasteiger partial charge < -0.3 is 10.2 Å². The molecule has 1 unspecified atom stereocenters. The largest absolute Gasteiger partial charge is 0.481 e. The van der Waals surface area contributed by atoms with Crippen LogP contribution in [-0.2, 0) is 4.79 Å². The maximum Gasteiger partial charge on any atom is 0.313 e. The lowest BCUT2D eigenvalue weighted by molar-refractivity contribution is -0.136. The molecule has 0 fully saturated rings. The third-order valence-corrected chi connectivity index (χ3v) is 0.964. The predicted molar refractivity (Wildman–Crippen MR) is 28.2 cm³/mol. The van der Waals surface area contributed by atoms with E-state index >= 15 is 0 Å². The van der Waals surface area contributed by atoms with Crippen molar-refractivity contribution in [3.8, 4) is 0 Å². The molecule has 0 aliphatic carbocycles. The van der Waals surface area contributed by atoms with E-state index in [1.54, 1.807) is 0 Å². The summed E-state index contributed by atoms with van der Waals surface area (Å²) in [7, 11) is 0. The maximum absolute atomic E-state index is 9.94. The monoisotopic (exact) mass is 117 g/mol. The van der Waals surface area contributed by atoms with Crippen LogP contribution in [0.4, 0.5) is 0 Å². The van der Waals surface area contributed by atoms with E-state index < -0.39 is 12.1 Å². The van der Waals surface area contributed by atoms with Gasteiger partial charge in [0.15, 0.2) is 0 Å². The lowest BCUT2D eigenvalue weighted by Crippen LogP contribution is -2.19. The van der Waals surface area contributed by atoms with Crippen LogP contribution in [0.25, 0.3) is 0 Å². The maximum atomic E-state index is 9.94. The van der Waals surface area contributed by atoms with Crippen molar-refractivity contribution >= 4 is 5.97 Å². The van der Waals surface area contributed by atoms with Crippen molar-refractivity contribution in [3.63, 3.8) is 0 Å². The van der Waals surface area contributed by atoms with Crippen molar-refractivity contribution in [2.45, 2.75) is 20.0 Å². The number of hydrogen-bond acceptors (Lipinski definition) is 2. The van der Waals surface area contributed by atoms with Gasteiger partial charge in [0.1, 0.15) is 5.92 Å². The third kappa shape index (κ3) is 1.93. The highest BCUT2D eigenvalue weighted by Gasteiger charge is 2.16. The minimum atomic E-state index is -1.04. The van der Waals surface area contributed by atoms with Gasteiger partial charge in [-0.25, -0.2) is 0 Å². The number of aliphatic hydroxyl groups excluding tert-OH is 1. The molecule has 0 bridgehead atoms. The molecule has 2 N–H and O–H groups in total. The Kier molecular flexibility index (Phi) is 2.48. The van der Waals surface area contributed by atoms with E-state index in [0.717, 1.165) is 0 Å². The number of rotatable bonds is 2. The van der Waals surface area contributed by atoms with Crippen LogP contribution in [0.5, 0.6) is 0 Å². The standard InChI is InChI=1S/C5H9O3/c1-3(4(2)6)5(7)8/h4,6H,1-2H3,(H,7,8). The molecule has 3 heteroatoms. The van der Waals surface area contributed by atoms with Crippen molar-refractivity contribution in [2.75, 3.05) is 0 Å². The van der Waals surface area contributed by atoms with E-state index in [0.29, 0.717) is 0 Å². The fraction of sp³-hybridized carbons (Fsp3) is 0.600. The van der Waals surface area contributed by atoms with Crippen LogP contribution in [0, 0.1) is 5.92 Å². The second kappa shape index (κ2) is 2.67. The fourth-order valence-electron chi connectivity index (χ4n) is 0.179. The Morgan fingerprint density at radius 1 is 1.62 bits per heavy atom. The normalized spacial score (nSPS) is 14.0. The fourth-order valence-corrected chi connectivity index (χ4v) is 0.179. The van der Waals surface area contributed by atoms with Gasteiger partial charge in [0.2, 0.25) is 0 Å². The van der Waals surface area contributed by atoms with Crippen LogP contribution in [0.15, 0.2) is 0 Å². The van der Waals surface area contributed by atoms with Crippen molar-refractivity contribution < 1.29 is 15.0 Å². The Morgan fingerprint density at radius 3 is 2.00 bits per heavy atom. The molecule has 0 heterocycles. The number of carbonyl (C=O) groups is 1. The molecule has 8 heavy (non-hydrogen) atoms. The van der Waals surface area contributed by atoms with E-state index in [1.807, 2.05) is 0 Å². The zero-order valence-corrected chi connectivity index (χ0v) is 4.88. The van der Waals surface area contributed by atoms with Gasteiger partial charge in [0.05, 0.1) is 6.10 Å². The zero-order chi connectivity index (χ0) is 6.73. The Balaban J connectivity index is 3.64. The number of carboxylic acids is 1. The van der Waals surface area contributed by atoms with E-state index in [2.05, 4.69) is 0 Å². The van der Waals surface area contributed by atoms with E-state index in [4.69, 9.17) is 10.2 Å². The summed E-state index contributed by atoms with van der Waals surface area (Å²) in [4.78, 5) is 9.94. The summed E-state index contributed by atoms with van der Waals surface area (Å²) < 4.78 is 0. The molecule has 0 saturated heterocycles. The summed E-state index contributed by atoms with van der Waals surface area (Å²) >= 11 is 0. The second-order valence-corrected chi connectivity index (χ2v) is 1.66. The van der Waals surface area contributed by atoms with Crippen LogP contribution in [-0.4, -0.2) is 22.3 Å². The highest BCUT2D eigenvalue weighted by atomic mass is 16.4. The van der Waals surface area contributed by atoms with Gasteiger partial charge in [0.25, 0.3) is 0 Å². The highest BCUT2D eigenvalue weighted by molar-refractivity contribution is 5.82. The predicted octanol–water partition coefficient (Wildman–Crippen LogP) is 0.0462. The molecule has 0 aliphatic heterocycles. The Hall–Kier alpha value is -0.570. The van der Waals surface area contributed by atoms with Gasteiger partial charge >= 0.3 is 5.97 Å². The van der Waals surface area contributed by atoms with Crippen LogP contribution in [0.2, 0.25) is 0 Å². The minimum absolute atomic E-state index is 0.0741. The molecule has 47 valence electrons. The first kappa shape index (κ1) is 7.43. The Morgan fingerprint density at radius 2 is 2.00 bits per heavy atom. The molecule has 0 aliphatic rings. The SMILES string of the molecule is C[C](C(=O)O)C(C)O. The van der Waals surface area contributed by atoms with Crippen molar-refractivity contribution in [3.05, 3.63) is 5.92 Å². The van der Waals surface area contributed by atoms with Gasteiger partial charge in [-0.3, -0.25) is 4.79 Å². The summed E-state index contributed by atoms with van der Waals surface area (Å²) in [6.45, 7) is 2.80. The van der Waals surface area contributed by atoms with E-state index in [9.17, 15) is 4.79 Å². The molecule has 3 nitrogen and oxygen atoms in total. The molecule has 0 aromatic carbocycles. The van der Waals surface area contributed by atoms with Gasteiger partial charge in [0, 0.05) is 0 Å². The molecular formula is C5H9O3. The van der Waals surface area contributed by atoms with Crippen molar-refractivity contribution in [1.29, 1.82) is 0 Å². The smallest absolute Gasteiger partial charge is 0.313 e. The second-order valence-electron chi connectivity index (χ2n) is 1.66. The molecule has 1 radical (unpaired) electrons. The average molecular weight is 117 g/mol. The lowest BCUT2D eigenvalue weighted by atomic mass is 10.1. The number of carboxylic acid groups (broad SMARTS) is 1. The molecular weight excluding hydrogens is 108 g/mol. The highest BCUT2D eigenvalue weighted by Crippen LogP contribution is 2.02. The number of hydrogen-bond donors (Lipinski definition) is 2. The molecule has 0 aromatic heterocycles. The minimum Gasteiger partial charge on any atom is -0.481 e. The zero-order valence-electron chi connectivity index (χ0n) is 4.88. The van der Waals surface area contributed by atoms with E-state index in [-0.39, 0.29) is 5.92 Å². The topological polar surface area (TPSA) is 57.5 Å². The number of aliphatic hydroxyl groups is 1. The summed E-state index contributed by atoms with van der Waals surface area (Å²) in [6.07, 6.45) is -0.840. The Labute approximate surface area is 47.9 Å². The summed E-state index contributed by atoms with van der Waals surface area (Å²) in [5, 5.41) is 16.7. The van der Waals surface area contributed by atoms with E-state index in [1.165, 1.54) is 13.8 Å². The first-order chi connectivity index (χ1) is 3.55. The quantitative estimate of drug-likeness (QED) is 0.537. The summed E-state index contributed by atoms with van der Waals surface area (Å²) in [6, 6.07) is 0. The van der Waals surface area contributed by atoms with Gasteiger partial charge in [-0.15, -0.1) is 0 Å². The lowest BCUT2D eigenvalue weighted by Gasteiger charge is -2.05. The average Bonchev–Trinajstić information content (AvgIpc) is 1.64. The third-order valence-electron chi connectivity index (χ3n) is 0.964. The van der Waals surface area contributed by atoms with Crippen LogP contribution in [0.1, 0.15) is 13.8 Å². The molecule has 0 amide bonds. The first-order valence-electron chi connectivity index (χ1n) is 2.30.